The zero-order valence-corrected chi connectivity index (χ0v) is 11.2. The molecule has 2 rings (SSSR count). The van der Waals surface area contributed by atoms with E-state index in [1.165, 1.54) is 0 Å². The number of rotatable bonds is 4. The minimum absolute atomic E-state index is 0.440. The van der Waals surface area contributed by atoms with Crippen LogP contribution in [0.1, 0.15) is 27.0 Å². The van der Waals surface area contributed by atoms with Crippen LogP contribution in [-0.4, -0.2) is 5.91 Å². The van der Waals surface area contributed by atoms with E-state index in [2.05, 4.69) is 11.4 Å². The highest BCUT2D eigenvalue weighted by Gasteiger charge is 2.07. The van der Waals surface area contributed by atoms with Gasteiger partial charge in [-0.15, -0.1) is 0 Å². The summed E-state index contributed by atoms with van der Waals surface area (Å²) in [5.41, 5.74) is 9.21. The molecule has 0 aromatic heterocycles. The number of hydrogen-bond acceptors (Lipinski definition) is 3. The molecule has 0 unspecified atom stereocenters. The Kier molecular flexibility index (Phi) is 4.02. The first-order valence-electron chi connectivity index (χ1n) is 6.24. The number of carbonyl (C=O) groups is 1. The van der Waals surface area contributed by atoms with Gasteiger partial charge < -0.3 is 11.1 Å². The number of aryl methyl sites for hydroxylation is 1. The second kappa shape index (κ2) is 5.89. The quantitative estimate of drug-likeness (QED) is 0.891. The van der Waals surface area contributed by atoms with Crippen LogP contribution in [0.2, 0.25) is 0 Å². The lowest BCUT2D eigenvalue weighted by atomic mass is 10.1. The molecule has 0 aliphatic heterocycles. The van der Waals surface area contributed by atoms with Gasteiger partial charge in [0.25, 0.3) is 0 Å². The molecule has 0 aliphatic carbocycles. The number of nitrogens with one attached hydrogen (secondary N) is 1. The third kappa shape index (κ3) is 2.96. The molecule has 1 amide bonds. The van der Waals surface area contributed by atoms with Crippen molar-refractivity contribution in [2.75, 3.05) is 5.32 Å². The monoisotopic (exact) mass is 265 g/mol. The number of nitrogens with two attached hydrogens (primary N) is 1. The van der Waals surface area contributed by atoms with Crippen LogP contribution >= 0.6 is 0 Å². The predicted molar refractivity (Wildman–Crippen MR) is 78.2 cm³/mol. The van der Waals surface area contributed by atoms with Crippen LogP contribution < -0.4 is 11.1 Å². The topological polar surface area (TPSA) is 78.9 Å². The Morgan fingerprint density at radius 2 is 2.05 bits per heavy atom. The van der Waals surface area contributed by atoms with Crippen LogP contribution in [0.5, 0.6) is 0 Å². The Bertz CT molecular complexity index is 686. The van der Waals surface area contributed by atoms with Crippen molar-refractivity contribution < 1.29 is 4.79 Å². The molecule has 0 fully saturated rings. The zero-order chi connectivity index (χ0) is 14.5. The van der Waals surface area contributed by atoms with Crippen molar-refractivity contribution in [3.63, 3.8) is 0 Å². The third-order valence-electron chi connectivity index (χ3n) is 3.12. The number of nitrogens with zero attached hydrogens (tertiary/aromatic N) is 1. The van der Waals surface area contributed by atoms with Crippen molar-refractivity contribution in [3.05, 3.63) is 64.7 Å². The first kappa shape index (κ1) is 13.6. The van der Waals surface area contributed by atoms with Crippen molar-refractivity contribution in [2.45, 2.75) is 13.5 Å². The summed E-state index contributed by atoms with van der Waals surface area (Å²) in [5, 5.41) is 12.2. The number of primary amides is 1. The van der Waals surface area contributed by atoms with E-state index < -0.39 is 5.91 Å². The van der Waals surface area contributed by atoms with E-state index in [1.54, 1.807) is 24.3 Å². The van der Waals surface area contributed by atoms with Crippen LogP contribution in [0.3, 0.4) is 0 Å². The number of carbonyl (C=O) groups excluding carboxylic acids is 1. The normalized spacial score (nSPS) is 9.80. The van der Waals surface area contributed by atoms with E-state index in [4.69, 9.17) is 11.0 Å². The Morgan fingerprint density at radius 3 is 2.75 bits per heavy atom. The highest BCUT2D eigenvalue weighted by Crippen LogP contribution is 2.18. The summed E-state index contributed by atoms with van der Waals surface area (Å²) < 4.78 is 0. The molecule has 0 bridgehead atoms. The largest absolute Gasteiger partial charge is 0.381 e. The van der Waals surface area contributed by atoms with E-state index in [0.717, 1.165) is 16.8 Å². The van der Waals surface area contributed by atoms with Crippen molar-refractivity contribution in [3.8, 4) is 6.07 Å². The average Bonchev–Trinajstić information content (AvgIpc) is 2.46. The lowest BCUT2D eigenvalue weighted by molar-refractivity contribution is 0.0999. The Morgan fingerprint density at radius 1 is 1.30 bits per heavy atom. The lowest BCUT2D eigenvalue weighted by Gasteiger charge is -2.12. The Labute approximate surface area is 117 Å². The second-order valence-electron chi connectivity index (χ2n) is 4.52. The molecule has 2 aromatic carbocycles. The van der Waals surface area contributed by atoms with Crippen molar-refractivity contribution >= 4 is 11.6 Å². The zero-order valence-electron chi connectivity index (χ0n) is 11.2. The molecule has 0 aliphatic rings. The summed E-state index contributed by atoms with van der Waals surface area (Å²) in [4.78, 5) is 11.4. The van der Waals surface area contributed by atoms with E-state index >= 15 is 0 Å². The number of nitriles is 1. The first-order valence-corrected chi connectivity index (χ1v) is 6.24. The molecule has 0 spiro atoms. The molecule has 100 valence electrons. The van der Waals surface area contributed by atoms with E-state index in [1.807, 2.05) is 25.1 Å². The maximum atomic E-state index is 11.4. The van der Waals surface area contributed by atoms with Crippen LogP contribution in [0.4, 0.5) is 5.69 Å². The Balaban J connectivity index is 2.21. The molecule has 0 saturated carbocycles. The molecule has 4 nitrogen and oxygen atoms in total. The highest BCUT2D eigenvalue weighted by atomic mass is 16.1. The van der Waals surface area contributed by atoms with Gasteiger partial charge in [0, 0.05) is 17.8 Å². The van der Waals surface area contributed by atoms with Gasteiger partial charge in [-0.05, 0) is 36.2 Å². The first-order chi connectivity index (χ1) is 9.61. The van der Waals surface area contributed by atoms with Gasteiger partial charge in [0.2, 0.25) is 5.91 Å². The van der Waals surface area contributed by atoms with E-state index in [-0.39, 0.29) is 0 Å². The van der Waals surface area contributed by atoms with Crippen LogP contribution in [0.25, 0.3) is 0 Å². The minimum Gasteiger partial charge on any atom is -0.381 e. The molecule has 20 heavy (non-hydrogen) atoms. The standard InChI is InChI=1S/C16H15N3O/c1-11-6-7-12(9-17)8-15(11)19-10-13-4-2-3-5-14(13)16(18)20/h2-8,19H,10H2,1H3,(H2,18,20). The maximum absolute atomic E-state index is 11.4. The summed E-state index contributed by atoms with van der Waals surface area (Å²) in [5.74, 6) is -0.440. The molecular formula is C16H15N3O. The predicted octanol–water partition coefficient (Wildman–Crippen LogP) is 2.58. The van der Waals surface area contributed by atoms with Gasteiger partial charge in [0.1, 0.15) is 0 Å². The second-order valence-corrected chi connectivity index (χ2v) is 4.52. The minimum atomic E-state index is -0.440. The van der Waals surface area contributed by atoms with E-state index in [0.29, 0.717) is 17.7 Å². The summed E-state index contributed by atoms with van der Waals surface area (Å²) in [6.45, 7) is 2.44. The van der Waals surface area contributed by atoms with Crippen molar-refractivity contribution in [1.29, 1.82) is 5.26 Å². The summed E-state index contributed by atoms with van der Waals surface area (Å²) in [6.07, 6.45) is 0. The molecule has 0 atom stereocenters. The molecule has 0 heterocycles. The number of amides is 1. The van der Waals surface area contributed by atoms with E-state index in [9.17, 15) is 4.79 Å². The Hall–Kier alpha value is -2.80. The molecule has 2 aromatic rings. The number of hydrogen-bond donors (Lipinski definition) is 2. The van der Waals surface area contributed by atoms with Crippen molar-refractivity contribution in [1.82, 2.24) is 0 Å². The SMILES string of the molecule is Cc1ccc(C#N)cc1NCc1ccccc1C(N)=O. The van der Waals surface area contributed by atoms with Gasteiger partial charge in [0.05, 0.1) is 11.6 Å². The van der Waals surface area contributed by atoms with Crippen LogP contribution in [-0.2, 0) is 6.54 Å². The average molecular weight is 265 g/mol. The number of anilines is 1. The van der Waals surface area contributed by atoms with Gasteiger partial charge in [0.15, 0.2) is 0 Å². The smallest absolute Gasteiger partial charge is 0.249 e. The fourth-order valence-corrected chi connectivity index (χ4v) is 1.99. The summed E-state index contributed by atoms with van der Waals surface area (Å²) in [6, 6.07) is 14.8. The van der Waals surface area contributed by atoms with Gasteiger partial charge in [-0.1, -0.05) is 24.3 Å². The highest BCUT2D eigenvalue weighted by molar-refractivity contribution is 5.94. The van der Waals surface area contributed by atoms with Gasteiger partial charge in [-0.25, -0.2) is 0 Å². The molecular weight excluding hydrogens is 250 g/mol. The summed E-state index contributed by atoms with van der Waals surface area (Å²) >= 11 is 0. The molecule has 0 radical (unpaired) electrons. The molecule has 3 N–H and O–H groups in total. The molecule has 0 saturated heterocycles. The van der Waals surface area contributed by atoms with Crippen molar-refractivity contribution in [2.24, 2.45) is 5.73 Å². The van der Waals surface area contributed by atoms with Crippen LogP contribution in [0.15, 0.2) is 42.5 Å². The third-order valence-corrected chi connectivity index (χ3v) is 3.12. The summed E-state index contributed by atoms with van der Waals surface area (Å²) in [7, 11) is 0. The lowest BCUT2D eigenvalue weighted by Crippen LogP contribution is -2.15. The fourth-order valence-electron chi connectivity index (χ4n) is 1.99. The van der Waals surface area contributed by atoms with Gasteiger partial charge in [-0.2, -0.15) is 5.26 Å². The number of benzene rings is 2. The van der Waals surface area contributed by atoms with Gasteiger partial charge >= 0.3 is 0 Å². The maximum Gasteiger partial charge on any atom is 0.249 e. The fraction of sp³-hybridized carbons (Fsp3) is 0.125. The molecule has 4 heteroatoms. The van der Waals surface area contributed by atoms with Gasteiger partial charge in [-0.3, -0.25) is 4.79 Å². The van der Waals surface area contributed by atoms with Crippen LogP contribution in [0, 0.1) is 18.3 Å².